The van der Waals surface area contributed by atoms with Crippen LogP contribution in [0.3, 0.4) is 0 Å². The Bertz CT molecular complexity index is 968. The molecule has 2 aliphatic heterocycles. The first-order valence-electron chi connectivity index (χ1n) is 8.63. The predicted octanol–water partition coefficient (Wildman–Crippen LogP) is 3.02. The number of benzene rings is 4. The Balaban J connectivity index is 1.89. The summed E-state index contributed by atoms with van der Waals surface area (Å²) in [6.07, 6.45) is 0. The summed E-state index contributed by atoms with van der Waals surface area (Å²) in [6.45, 7) is 0. The third-order valence-corrected chi connectivity index (χ3v) is 17.0. The van der Waals surface area contributed by atoms with E-state index in [0.717, 1.165) is 0 Å². The van der Waals surface area contributed by atoms with Crippen LogP contribution in [0.5, 0.6) is 0 Å². The van der Waals surface area contributed by atoms with Crippen LogP contribution in [0.1, 0.15) is 0 Å². The van der Waals surface area contributed by atoms with Crippen LogP contribution in [-0.2, 0) is 0 Å². The van der Waals surface area contributed by atoms with Gasteiger partial charge in [-0.05, 0) is 0 Å². The molecule has 6 rings (SSSR count). The summed E-state index contributed by atoms with van der Waals surface area (Å²) in [4.78, 5) is 0. The van der Waals surface area contributed by atoms with E-state index >= 15 is 0 Å². The molecule has 0 fully saturated rings. The Morgan fingerprint density at radius 3 is 0.840 bits per heavy atom. The Labute approximate surface area is 151 Å². The van der Waals surface area contributed by atoms with Crippen molar-refractivity contribution in [3.05, 3.63) is 97.1 Å². The quantitative estimate of drug-likeness (QED) is 0.324. The van der Waals surface area contributed by atoms with Gasteiger partial charge in [0.25, 0.3) is 0 Å². The molecule has 1 heteroatoms. The summed E-state index contributed by atoms with van der Waals surface area (Å²) in [5.74, 6) is 0. The number of hydrogen-bond acceptors (Lipinski definition) is 0. The summed E-state index contributed by atoms with van der Waals surface area (Å²) in [5.41, 5.74) is 5.80. The second kappa shape index (κ2) is 4.85. The molecular weight excluding hydrogens is 416 g/mol. The van der Waals surface area contributed by atoms with Crippen LogP contribution in [0.2, 0.25) is 0 Å². The molecule has 0 atom stereocenters. The average molecular weight is 432 g/mol. The number of rotatable bonds is 0. The van der Waals surface area contributed by atoms with Gasteiger partial charge in [0.2, 0.25) is 0 Å². The normalized spacial score (nSPS) is 16.0. The van der Waals surface area contributed by atoms with Crippen molar-refractivity contribution < 1.29 is 0 Å². The summed E-state index contributed by atoms with van der Waals surface area (Å²) >= 11 is -2.88. The second-order valence-electron chi connectivity index (χ2n) is 6.60. The molecule has 0 N–H and O–H groups in total. The van der Waals surface area contributed by atoms with E-state index in [4.69, 9.17) is 0 Å². The van der Waals surface area contributed by atoms with E-state index in [1.807, 2.05) is 0 Å². The fourth-order valence-electron chi connectivity index (χ4n) is 4.54. The van der Waals surface area contributed by atoms with Crippen LogP contribution < -0.4 is 14.4 Å². The molecule has 25 heavy (non-hydrogen) atoms. The molecule has 0 unspecified atom stereocenters. The summed E-state index contributed by atoms with van der Waals surface area (Å²) in [7, 11) is 0. The van der Waals surface area contributed by atoms with Crippen molar-refractivity contribution in [3.8, 4) is 22.3 Å². The predicted molar refractivity (Wildman–Crippen MR) is 108 cm³/mol. The molecule has 118 valence electrons. The van der Waals surface area contributed by atoms with Gasteiger partial charge in [0.05, 0.1) is 0 Å². The van der Waals surface area contributed by atoms with E-state index in [9.17, 15) is 0 Å². The van der Waals surface area contributed by atoms with E-state index in [1.54, 1.807) is 14.4 Å². The third-order valence-electron chi connectivity index (χ3n) is 5.45. The molecule has 0 aromatic heterocycles. The van der Waals surface area contributed by atoms with E-state index in [0.29, 0.717) is 0 Å². The van der Waals surface area contributed by atoms with Crippen molar-refractivity contribution in [2.75, 3.05) is 0 Å². The Kier molecular flexibility index (Phi) is 2.70. The van der Waals surface area contributed by atoms with E-state index in [1.165, 1.54) is 22.3 Å². The molecule has 1 spiro atoms. The Morgan fingerprint density at radius 1 is 0.320 bits per heavy atom. The Hall–Kier alpha value is -2.33. The van der Waals surface area contributed by atoms with Crippen molar-refractivity contribution in [1.82, 2.24) is 0 Å². The maximum atomic E-state index is 2.40. The Morgan fingerprint density at radius 2 is 0.560 bits per heavy atom. The number of fused-ring (bicyclic) bond motifs is 10. The van der Waals surface area contributed by atoms with Gasteiger partial charge in [0.15, 0.2) is 0 Å². The topological polar surface area (TPSA) is 0 Å². The van der Waals surface area contributed by atoms with Gasteiger partial charge < -0.3 is 0 Å². The van der Waals surface area contributed by atoms with Gasteiger partial charge in [0.1, 0.15) is 0 Å². The van der Waals surface area contributed by atoms with Gasteiger partial charge in [-0.2, -0.15) is 0 Å². The van der Waals surface area contributed by atoms with Crippen molar-refractivity contribution in [1.29, 1.82) is 0 Å². The van der Waals surface area contributed by atoms with Gasteiger partial charge in [0, 0.05) is 0 Å². The van der Waals surface area contributed by atoms with Crippen molar-refractivity contribution in [2.24, 2.45) is 0 Å². The second-order valence-corrected chi connectivity index (χ2v) is 15.1. The van der Waals surface area contributed by atoms with Gasteiger partial charge in [-0.15, -0.1) is 0 Å². The van der Waals surface area contributed by atoms with Crippen molar-refractivity contribution in [2.45, 2.75) is 0 Å². The van der Waals surface area contributed by atoms with Crippen molar-refractivity contribution in [3.63, 3.8) is 0 Å². The molecule has 2 aliphatic rings. The average Bonchev–Trinajstić information content (AvgIpc) is 3.16. The molecule has 0 saturated heterocycles. The standard InChI is InChI=1S/C24H16Te/c1-5-13-21-17(9-1)18-10-2-6-14-22(18)25(21)23-15-7-3-11-19(23)20-12-4-8-16-24(20)25/h1-16H. The summed E-state index contributed by atoms with van der Waals surface area (Å²) < 4.78 is 6.40. The first kappa shape index (κ1) is 13.9. The molecule has 0 amide bonds. The summed E-state index contributed by atoms with van der Waals surface area (Å²) in [6, 6.07) is 36.5. The summed E-state index contributed by atoms with van der Waals surface area (Å²) in [5, 5.41) is 0. The SMILES string of the molecule is c1ccc2c(c1)-c1ccccc1[Te]21c2ccccc2-c2ccccc21. The van der Waals surface area contributed by atoms with E-state index < -0.39 is 18.2 Å². The fourth-order valence-corrected chi connectivity index (χ4v) is 17.6. The van der Waals surface area contributed by atoms with Gasteiger partial charge in [-0.3, -0.25) is 0 Å². The zero-order valence-corrected chi connectivity index (χ0v) is 16.0. The third kappa shape index (κ3) is 1.54. The molecule has 0 nitrogen and oxygen atoms in total. The minimum absolute atomic E-state index is 1.45. The molecule has 0 saturated carbocycles. The van der Waals surface area contributed by atoms with Gasteiger partial charge >= 0.3 is 152 Å². The van der Waals surface area contributed by atoms with E-state index in [-0.39, 0.29) is 0 Å². The fraction of sp³-hybridized carbons (Fsp3) is 0. The van der Waals surface area contributed by atoms with Crippen LogP contribution in [0.15, 0.2) is 97.1 Å². The minimum atomic E-state index is -2.88. The molecule has 0 aliphatic carbocycles. The maximum absolute atomic E-state index is 2.88. The van der Waals surface area contributed by atoms with Crippen molar-refractivity contribution >= 4 is 32.6 Å². The first-order valence-corrected chi connectivity index (χ1v) is 13.3. The zero-order valence-electron chi connectivity index (χ0n) is 13.6. The molecular formula is C24H16Te. The van der Waals surface area contributed by atoms with Crippen LogP contribution in [0.4, 0.5) is 0 Å². The molecule has 4 aromatic rings. The van der Waals surface area contributed by atoms with Crippen LogP contribution in [0, 0.1) is 0 Å². The van der Waals surface area contributed by atoms with E-state index in [2.05, 4.69) is 97.1 Å². The van der Waals surface area contributed by atoms with Crippen LogP contribution in [-0.4, -0.2) is 18.2 Å². The molecule has 4 aromatic carbocycles. The van der Waals surface area contributed by atoms with Crippen LogP contribution in [0.25, 0.3) is 22.3 Å². The molecule has 2 heterocycles. The van der Waals surface area contributed by atoms with Gasteiger partial charge in [-0.25, -0.2) is 0 Å². The van der Waals surface area contributed by atoms with Crippen LogP contribution >= 0.6 is 0 Å². The van der Waals surface area contributed by atoms with Gasteiger partial charge in [-0.1, -0.05) is 0 Å². The first-order chi connectivity index (χ1) is 12.4. The number of hydrogen-bond donors (Lipinski definition) is 0. The zero-order chi connectivity index (χ0) is 16.4. The monoisotopic (exact) mass is 434 g/mol. The molecule has 0 radical (unpaired) electrons. The molecule has 0 bridgehead atoms.